The highest BCUT2D eigenvalue weighted by molar-refractivity contribution is 6.31. The summed E-state index contributed by atoms with van der Waals surface area (Å²) in [6.45, 7) is 0.326. The van der Waals surface area contributed by atoms with E-state index in [9.17, 15) is 0 Å². The topological polar surface area (TPSA) is 38.9 Å². The lowest BCUT2D eigenvalue weighted by molar-refractivity contribution is 1.27. The number of halogens is 1. The molecule has 1 aromatic heterocycles. The molecule has 0 radical (unpaired) electrons. The van der Waals surface area contributed by atoms with Crippen molar-refractivity contribution in [2.24, 2.45) is 5.73 Å². The number of nitrogens with zero attached hydrogens (tertiary/aromatic N) is 1. The Morgan fingerprint density at radius 3 is 3.09 bits per heavy atom. The lowest BCUT2D eigenvalue weighted by Crippen LogP contribution is -1.93. The van der Waals surface area contributed by atoms with Crippen molar-refractivity contribution < 1.29 is 0 Å². The molecule has 0 aliphatic carbocycles. The van der Waals surface area contributed by atoms with Crippen LogP contribution in [0.5, 0.6) is 0 Å². The van der Waals surface area contributed by atoms with Crippen LogP contribution < -0.4 is 5.73 Å². The summed E-state index contributed by atoms with van der Waals surface area (Å²) in [7, 11) is 0. The van der Waals surface area contributed by atoms with E-state index in [2.05, 4.69) is 16.8 Å². The standard InChI is InChI=1S/C8H7ClN2/c9-7-3-2-6-11-8(7)4-1-5-10/h2-3,6H,5,10H2. The molecule has 0 amide bonds. The zero-order valence-corrected chi connectivity index (χ0v) is 6.60. The van der Waals surface area contributed by atoms with Gasteiger partial charge in [-0.05, 0) is 18.1 Å². The van der Waals surface area contributed by atoms with Crippen LogP contribution >= 0.6 is 11.6 Å². The molecular weight excluding hydrogens is 160 g/mol. The Hall–Kier alpha value is -1.04. The molecule has 3 heteroatoms. The number of aromatic nitrogens is 1. The molecule has 1 heterocycles. The Labute approximate surface area is 70.4 Å². The predicted molar refractivity (Wildman–Crippen MR) is 45.2 cm³/mol. The molecule has 0 aliphatic heterocycles. The smallest absolute Gasteiger partial charge is 0.131 e. The van der Waals surface area contributed by atoms with Gasteiger partial charge in [0.25, 0.3) is 0 Å². The third-order valence-corrected chi connectivity index (χ3v) is 1.37. The van der Waals surface area contributed by atoms with Crippen LogP contribution in [-0.4, -0.2) is 11.5 Å². The molecule has 0 aromatic carbocycles. The minimum atomic E-state index is 0.326. The van der Waals surface area contributed by atoms with Crippen molar-refractivity contribution in [3.63, 3.8) is 0 Å². The minimum Gasteiger partial charge on any atom is -0.320 e. The van der Waals surface area contributed by atoms with Gasteiger partial charge in [-0.15, -0.1) is 0 Å². The first-order valence-corrected chi connectivity index (χ1v) is 3.52. The number of nitrogens with two attached hydrogens (primary N) is 1. The van der Waals surface area contributed by atoms with E-state index >= 15 is 0 Å². The van der Waals surface area contributed by atoms with Gasteiger partial charge in [0.1, 0.15) is 5.69 Å². The monoisotopic (exact) mass is 166 g/mol. The molecule has 2 nitrogen and oxygen atoms in total. The molecule has 1 rings (SSSR count). The Balaban J connectivity index is 2.95. The van der Waals surface area contributed by atoms with Crippen molar-refractivity contribution in [3.8, 4) is 11.8 Å². The van der Waals surface area contributed by atoms with Crippen LogP contribution in [0.4, 0.5) is 0 Å². The van der Waals surface area contributed by atoms with E-state index in [1.165, 1.54) is 0 Å². The molecule has 0 fully saturated rings. The molecule has 0 spiro atoms. The predicted octanol–water partition coefficient (Wildman–Crippen LogP) is 1.05. The quantitative estimate of drug-likeness (QED) is 0.585. The van der Waals surface area contributed by atoms with Gasteiger partial charge in [-0.1, -0.05) is 17.5 Å². The van der Waals surface area contributed by atoms with Crippen LogP contribution in [0, 0.1) is 11.8 Å². The highest BCUT2D eigenvalue weighted by Crippen LogP contribution is 2.09. The van der Waals surface area contributed by atoms with Gasteiger partial charge in [-0.3, -0.25) is 0 Å². The SMILES string of the molecule is NCC#Cc1ncccc1Cl. The third kappa shape index (κ3) is 2.23. The summed E-state index contributed by atoms with van der Waals surface area (Å²) in [6.07, 6.45) is 1.65. The van der Waals surface area contributed by atoms with Crippen molar-refractivity contribution in [2.75, 3.05) is 6.54 Å². The first-order chi connectivity index (χ1) is 5.34. The maximum absolute atomic E-state index is 5.75. The summed E-state index contributed by atoms with van der Waals surface area (Å²) < 4.78 is 0. The average Bonchev–Trinajstić information content (AvgIpc) is 2.03. The minimum absolute atomic E-state index is 0.326. The van der Waals surface area contributed by atoms with Gasteiger partial charge in [0, 0.05) is 6.20 Å². The van der Waals surface area contributed by atoms with Gasteiger partial charge < -0.3 is 5.73 Å². The number of pyridine rings is 1. The molecular formula is C8H7ClN2. The molecule has 0 saturated heterocycles. The second-order valence-electron chi connectivity index (χ2n) is 1.84. The molecule has 56 valence electrons. The van der Waals surface area contributed by atoms with Gasteiger partial charge in [-0.2, -0.15) is 0 Å². The van der Waals surface area contributed by atoms with Gasteiger partial charge in [0.15, 0.2) is 0 Å². The Kier molecular flexibility index (Phi) is 2.91. The van der Waals surface area contributed by atoms with Crippen molar-refractivity contribution in [1.82, 2.24) is 4.98 Å². The van der Waals surface area contributed by atoms with E-state index in [-0.39, 0.29) is 0 Å². The molecule has 0 aliphatic rings. The summed E-state index contributed by atoms with van der Waals surface area (Å²) in [5, 5.41) is 0.563. The second-order valence-corrected chi connectivity index (χ2v) is 2.25. The second kappa shape index (κ2) is 3.97. The van der Waals surface area contributed by atoms with E-state index in [1.807, 2.05) is 0 Å². The van der Waals surface area contributed by atoms with Crippen LogP contribution in [-0.2, 0) is 0 Å². The van der Waals surface area contributed by atoms with Crippen LogP contribution in [0.3, 0.4) is 0 Å². The zero-order valence-electron chi connectivity index (χ0n) is 5.84. The van der Waals surface area contributed by atoms with Gasteiger partial charge in [0.2, 0.25) is 0 Å². The highest BCUT2D eigenvalue weighted by Gasteiger charge is 1.93. The van der Waals surface area contributed by atoms with Crippen LogP contribution in [0.2, 0.25) is 5.02 Å². The number of hydrogen-bond acceptors (Lipinski definition) is 2. The van der Waals surface area contributed by atoms with E-state index in [1.54, 1.807) is 18.3 Å². The molecule has 2 N–H and O–H groups in total. The van der Waals surface area contributed by atoms with Crippen molar-refractivity contribution in [2.45, 2.75) is 0 Å². The maximum Gasteiger partial charge on any atom is 0.131 e. The summed E-state index contributed by atoms with van der Waals surface area (Å²) in [5.74, 6) is 5.43. The third-order valence-electron chi connectivity index (χ3n) is 1.07. The largest absolute Gasteiger partial charge is 0.320 e. The Morgan fingerprint density at radius 1 is 1.64 bits per heavy atom. The average molecular weight is 167 g/mol. The summed E-state index contributed by atoms with van der Waals surface area (Å²) >= 11 is 5.75. The normalized spacial score (nSPS) is 8.55. The molecule has 1 aromatic rings. The fraction of sp³-hybridized carbons (Fsp3) is 0.125. The highest BCUT2D eigenvalue weighted by atomic mass is 35.5. The zero-order chi connectivity index (χ0) is 8.10. The van der Waals surface area contributed by atoms with E-state index in [0.717, 1.165) is 0 Å². The molecule has 0 bridgehead atoms. The van der Waals surface area contributed by atoms with Crippen LogP contribution in [0.1, 0.15) is 5.69 Å². The lowest BCUT2D eigenvalue weighted by atomic mass is 10.3. The first-order valence-electron chi connectivity index (χ1n) is 3.14. The lowest BCUT2D eigenvalue weighted by Gasteiger charge is -1.90. The number of hydrogen-bond donors (Lipinski definition) is 1. The first kappa shape index (κ1) is 8.06. The van der Waals surface area contributed by atoms with E-state index < -0.39 is 0 Å². The summed E-state index contributed by atoms with van der Waals surface area (Å²) in [6, 6.07) is 3.51. The Morgan fingerprint density at radius 2 is 2.45 bits per heavy atom. The molecule has 0 atom stereocenters. The number of rotatable bonds is 0. The summed E-state index contributed by atoms with van der Waals surface area (Å²) in [5.41, 5.74) is 5.76. The molecule has 0 unspecified atom stereocenters. The van der Waals surface area contributed by atoms with Gasteiger partial charge in [0.05, 0.1) is 11.6 Å². The van der Waals surface area contributed by atoms with Crippen LogP contribution in [0.15, 0.2) is 18.3 Å². The fourth-order valence-corrected chi connectivity index (χ4v) is 0.781. The van der Waals surface area contributed by atoms with Crippen molar-refractivity contribution >= 4 is 11.6 Å². The van der Waals surface area contributed by atoms with E-state index in [4.69, 9.17) is 17.3 Å². The van der Waals surface area contributed by atoms with Crippen LogP contribution in [0.25, 0.3) is 0 Å². The molecule has 0 saturated carbocycles. The summed E-state index contributed by atoms with van der Waals surface area (Å²) in [4.78, 5) is 3.95. The van der Waals surface area contributed by atoms with Gasteiger partial charge in [-0.25, -0.2) is 4.98 Å². The fourth-order valence-electron chi connectivity index (χ4n) is 0.612. The molecule has 11 heavy (non-hydrogen) atoms. The van der Waals surface area contributed by atoms with Crippen molar-refractivity contribution in [3.05, 3.63) is 29.0 Å². The van der Waals surface area contributed by atoms with Gasteiger partial charge >= 0.3 is 0 Å². The Bertz CT molecular complexity index is 298. The van der Waals surface area contributed by atoms with Crippen molar-refractivity contribution in [1.29, 1.82) is 0 Å². The maximum atomic E-state index is 5.75. The van der Waals surface area contributed by atoms with E-state index in [0.29, 0.717) is 17.3 Å².